The molecule has 0 aliphatic carbocycles. The third-order valence-electron chi connectivity index (χ3n) is 5.71. The predicted molar refractivity (Wildman–Crippen MR) is 127 cm³/mol. The molecule has 1 heterocycles. The first-order valence-electron chi connectivity index (χ1n) is 12.5. The van der Waals surface area contributed by atoms with Crippen molar-refractivity contribution >= 4 is 6.09 Å². The van der Waals surface area contributed by atoms with E-state index < -0.39 is 11.3 Å². The Kier molecular flexibility index (Phi) is 12.7. The molecule has 1 aliphatic heterocycles. The molecule has 0 unspecified atom stereocenters. The molecule has 4 heteroatoms. The van der Waals surface area contributed by atoms with Crippen molar-refractivity contribution in [1.82, 2.24) is 4.90 Å². The van der Waals surface area contributed by atoms with Gasteiger partial charge in [-0.25, -0.2) is 4.79 Å². The molecule has 1 saturated heterocycles. The van der Waals surface area contributed by atoms with Gasteiger partial charge in [0, 0.05) is 0 Å². The van der Waals surface area contributed by atoms with Gasteiger partial charge in [0.05, 0.1) is 12.6 Å². The molecule has 0 radical (unpaired) electrons. The minimum atomic E-state index is -0.614. The van der Waals surface area contributed by atoms with E-state index in [1.807, 2.05) is 34.6 Å². The van der Waals surface area contributed by atoms with Crippen molar-refractivity contribution in [2.24, 2.45) is 0 Å². The lowest BCUT2D eigenvalue weighted by Crippen LogP contribution is -2.49. The molecule has 1 amide bonds. The number of nitrogens with zero attached hydrogens (tertiary/aromatic N) is 1. The van der Waals surface area contributed by atoms with Crippen LogP contribution in [0.15, 0.2) is 12.2 Å². The molecule has 0 aromatic rings. The molecule has 0 aromatic carbocycles. The Morgan fingerprint density at radius 2 is 1.50 bits per heavy atom. The predicted octanol–water partition coefficient (Wildman–Crippen LogP) is 8.01. The van der Waals surface area contributed by atoms with Crippen LogP contribution in [0.25, 0.3) is 0 Å². The van der Waals surface area contributed by atoms with E-state index >= 15 is 0 Å². The van der Waals surface area contributed by atoms with E-state index in [0.717, 1.165) is 12.8 Å². The molecule has 1 atom stereocenters. The summed E-state index contributed by atoms with van der Waals surface area (Å²) in [5, 5.41) is 0. The minimum Gasteiger partial charge on any atom is -0.444 e. The van der Waals surface area contributed by atoms with E-state index in [-0.39, 0.29) is 12.1 Å². The summed E-state index contributed by atoms with van der Waals surface area (Å²) in [7, 11) is 0. The van der Waals surface area contributed by atoms with E-state index in [4.69, 9.17) is 9.47 Å². The second-order valence-electron chi connectivity index (χ2n) is 10.3. The smallest absolute Gasteiger partial charge is 0.412 e. The number of carbonyl (C=O) groups excluding carboxylic acids is 1. The molecular weight excluding hydrogens is 374 g/mol. The van der Waals surface area contributed by atoms with Crippen molar-refractivity contribution in [3.63, 3.8) is 0 Å². The molecule has 176 valence electrons. The molecule has 1 rings (SSSR count). The first kappa shape index (κ1) is 27.0. The lowest BCUT2D eigenvalue weighted by Gasteiger charge is -2.34. The Hall–Kier alpha value is -1.03. The van der Waals surface area contributed by atoms with Crippen molar-refractivity contribution in [2.45, 2.75) is 142 Å². The van der Waals surface area contributed by atoms with Crippen LogP contribution < -0.4 is 0 Å². The number of amides is 1. The van der Waals surface area contributed by atoms with E-state index in [0.29, 0.717) is 6.61 Å². The van der Waals surface area contributed by atoms with E-state index in [1.165, 1.54) is 70.6 Å². The van der Waals surface area contributed by atoms with E-state index in [1.54, 1.807) is 4.90 Å². The van der Waals surface area contributed by atoms with Crippen LogP contribution in [0.4, 0.5) is 4.79 Å². The first-order chi connectivity index (χ1) is 14.2. The second kappa shape index (κ2) is 14.1. The molecule has 0 spiro atoms. The molecule has 1 fully saturated rings. The van der Waals surface area contributed by atoms with Crippen LogP contribution in [-0.2, 0) is 9.47 Å². The Morgan fingerprint density at radius 3 is 2.03 bits per heavy atom. The number of hydrogen-bond donors (Lipinski definition) is 0. The number of ether oxygens (including phenoxy) is 2. The first-order valence-corrected chi connectivity index (χ1v) is 12.5. The number of allylic oxidation sites excluding steroid dienone is 1. The molecule has 0 saturated carbocycles. The fourth-order valence-electron chi connectivity index (χ4n) is 4.03. The number of unbranched alkanes of at least 4 members (excludes halogenated alkanes) is 11. The third kappa shape index (κ3) is 11.4. The van der Waals surface area contributed by atoms with Crippen molar-refractivity contribution in [3.8, 4) is 0 Å². The van der Waals surface area contributed by atoms with Crippen LogP contribution in [0.1, 0.15) is 125 Å². The summed E-state index contributed by atoms with van der Waals surface area (Å²) in [6, 6.07) is 0.0448. The summed E-state index contributed by atoms with van der Waals surface area (Å²) < 4.78 is 11.5. The van der Waals surface area contributed by atoms with Gasteiger partial charge in [-0.05, 0) is 53.9 Å². The van der Waals surface area contributed by atoms with Gasteiger partial charge in [-0.3, -0.25) is 4.90 Å². The van der Waals surface area contributed by atoms with Gasteiger partial charge in [0.25, 0.3) is 0 Å². The Balaban J connectivity index is 2.16. The fourth-order valence-corrected chi connectivity index (χ4v) is 4.03. The summed E-state index contributed by atoms with van der Waals surface area (Å²) in [4.78, 5) is 14.4. The van der Waals surface area contributed by atoms with Crippen LogP contribution >= 0.6 is 0 Å². The number of rotatable bonds is 14. The van der Waals surface area contributed by atoms with Crippen molar-refractivity contribution in [2.75, 3.05) is 6.61 Å². The summed E-state index contributed by atoms with van der Waals surface area (Å²) >= 11 is 0. The zero-order chi connectivity index (χ0) is 22.5. The van der Waals surface area contributed by atoms with Gasteiger partial charge < -0.3 is 9.47 Å². The van der Waals surface area contributed by atoms with Crippen molar-refractivity contribution < 1.29 is 14.3 Å². The maximum atomic E-state index is 12.6. The Labute approximate surface area is 186 Å². The van der Waals surface area contributed by atoms with Gasteiger partial charge in [0.1, 0.15) is 11.3 Å². The van der Waals surface area contributed by atoms with Gasteiger partial charge in [-0.1, -0.05) is 83.3 Å². The molecule has 1 aliphatic rings. The van der Waals surface area contributed by atoms with E-state index in [9.17, 15) is 4.79 Å². The molecule has 0 aromatic heterocycles. The van der Waals surface area contributed by atoms with Crippen LogP contribution in [0.5, 0.6) is 0 Å². The summed E-state index contributed by atoms with van der Waals surface area (Å²) in [5.74, 6) is 0. The highest BCUT2D eigenvalue weighted by Gasteiger charge is 2.45. The number of carbonyl (C=O) groups is 1. The monoisotopic (exact) mass is 423 g/mol. The third-order valence-corrected chi connectivity index (χ3v) is 5.71. The fraction of sp³-hybridized carbons (Fsp3) is 0.885. The van der Waals surface area contributed by atoms with Gasteiger partial charge in [0.15, 0.2) is 0 Å². The van der Waals surface area contributed by atoms with Gasteiger partial charge in [0.2, 0.25) is 0 Å². The highest BCUT2D eigenvalue weighted by molar-refractivity contribution is 5.69. The number of hydrogen-bond acceptors (Lipinski definition) is 3. The molecule has 0 N–H and O–H groups in total. The zero-order valence-electron chi connectivity index (χ0n) is 20.8. The van der Waals surface area contributed by atoms with Crippen LogP contribution in [0, 0.1) is 0 Å². The molecule has 0 bridgehead atoms. The minimum absolute atomic E-state index is 0.0448. The van der Waals surface area contributed by atoms with Crippen molar-refractivity contribution in [1.29, 1.82) is 0 Å². The summed E-state index contributed by atoms with van der Waals surface area (Å²) in [6.07, 6.45) is 21.3. The van der Waals surface area contributed by atoms with Crippen molar-refractivity contribution in [3.05, 3.63) is 12.2 Å². The zero-order valence-corrected chi connectivity index (χ0v) is 20.8. The SMILES string of the molecule is CCCCCCCCCCCCC/C=C\C[C@@H]1COC(C)(C)N1C(=O)OC(C)(C)C. The lowest BCUT2D eigenvalue weighted by atomic mass is 10.0. The second-order valence-corrected chi connectivity index (χ2v) is 10.3. The van der Waals surface area contributed by atoms with Crippen LogP contribution in [0.3, 0.4) is 0 Å². The maximum absolute atomic E-state index is 12.6. The van der Waals surface area contributed by atoms with Crippen LogP contribution in [0.2, 0.25) is 0 Å². The van der Waals surface area contributed by atoms with E-state index in [2.05, 4.69) is 19.1 Å². The highest BCUT2D eigenvalue weighted by Crippen LogP contribution is 2.31. The van der Waals surface area contributed by atoms with Crippen LogP contribution in [-0.4, -0.2) is 35.0 Å². The summed E-state index contributed by atoms with van der Waals surface area (Å²) in [6.45, 7) is 12.4. The van der Waals surface area contributed by atoms with Gasteiger partial charge in [-0.15, -0.1) is 0 Å². The summed E-state index contributed by atoms with van der Waals surface area (Å²) in [5.41, 5.74) is -1.11. The Morgan fingerprint density at radius 1 is 0.967 bits per heavy atom. The topological polar surface area (TPSA) is 38.8 Å². The normalized spacial score (nSPS) is 19.0. The Bertz CT molecular complexity index is 493. The van der Waals surface area contributed by atoms with Gasteiger partial charge >= 0.3 is 6.09 Å². The largest absolute Gasteiger partial charge is 0.444 e. The standard InChI is InChI=1S/C26H49NO3/c1-7-8-9-10-11-12-13-14-15-16-17-18-19-20-21-23-22-29-26(5,6)27(23)24(28)30-25(2,3)4/h19-20,23H,7-18,21-22H2,1-6H3/b20-19-/t23-/m1/s1. The molecule has 30 heavy (non-hydrogen) atoms. The highest BCUT2D eigenvalue weighted by atomic mass is 16.6. The quantitative estimate of drug-likeness (QED) is 0.210. The average Bonchev–Trinajstić information content (AvgIpc) is 2.95. The van der Waals surface area contributed by atoms with Gasteiger partial charge in [-0.2, -0.15) is 0 Å². The molecular formula is C26H49NO3. The maximum Gasteiger partial charge on any atom is 0.412 e. The lowest BCUT2D eigenvalue weighted by molar-refractivity contribution is -0.0623. The molecule has 4 nitrogen and oxygen atoms in total. The average molecular weight is 424 g/mol.